The van der Waals surface area contributed by atoms with Gasteiger partial charge in [0.05, 0.1) is 24.0 Å². The van der Waals surface area contributed by atoms with Gasteiger partial charge in [0, 0.05) is 12.1 Å². The van der Waals surface area contributed by atoms with Crippen molar-refractivity contribution in [1.82, 2.24) is 0 Å². The third-order valence-corrected chi connectivity index (χ3v) is 5.82. The lowest BCUT2D eigenvalue weighted by Crippen LogP contribution is -2.53. The highest BCUT2D eigenvalue weighted by molar-refractivity contribution is 6.10. The molecule has 1 heterocycles. The molecule has 2 amide bonds. The van der Waals surface area contributed by atoms with Crippen molar-refractivity contribution < 1.29 is 14.3 Å². The molecule has 160 valence electrons. The topological polar surface area (TPSA) is 49.9 Å². The molecule has 1 unspecified atom stereocenters. The van der Waals surface area contributed by atoms with Crippen molar-refractivity contribution >= 4 is 23.4 Å². The van der Waals surface area contributed by atoms with Crippen molar-refractivity contribution in [2.45, 2.75) is 59.9 Å². The summed E-state index contributed by atoms with van der Waals surface area (Å²) in [4.78, 5) is 29.8. The normalized spacial score (nSPS) is 15.7. The Morgan fingerprint density at radius 1 is 1.00 bits per heavy atom. The fourth-order valence-corrected chi connectivity index (χ4v) is 3.99. The Balaban J connectivity index is 2.05. The Morgan fingerprint density at radius 3 is 2.20 bits per heavy atom. The molecule has 2 aromatic rings. The van der Waals surface area contributed by atoms with Gasteiger partial charge in [0.25, 0.3) is 5.91 Å². The van der Waals surface area contributed by atoms with E-state index in [-0.39, 0.29) is 18.0 Å². The average molecular weight is 409 g/mol. The van der Waals surface area contributed by atoms with Gasteiger partial charge in [-0.2, -0.15) is 0 Å². The molecule has 1 aliphatic rings. The number of carbonyl (C=O) groups excluding carboxylic acids is 2. The second-order valence-corrected chi connectivity index (χ2v) is 7.92. The van der Waals surface area contributed by atoms with Gasteiger partial charge in [-0.05, 0) is 74.6 Å². The van der Waals surface area contributed by atoms with Gasteiger partial charge < -0.3 is 9.64 Å². The number of aryl methyl sites for hydroxylation is 3. The molecule has 5 nitrogen and oxygen atoms in total. The first-order valence-corrected chi connectivity index (χ1v) is 10.9. The summed E-state index contributed by atoms with van der Waals surface area (Å²) in [7, 11) is 0. The van der Waals surface area contributed by atoms with Crippen molar-refractivity contribution in [3.8, 4) is 0 Å². The predicted molar refractivity (Wildman–Crippen MR) is 122 cm³/mol. The predicted octanol–water partition coefficient (Wildman–Crippen LogP) is 5.66. The SMILES string of the molecule is CCCc1ccc(C(=O)N2CC(CC)N(C(=O)OCC)c3cc(C)c(C)cc32)cc1. The lowest BCUT2D eigenvalue weighted by atomic mass is 9.99. The maximum Gasteiger partial charge on any atom is 0.414 e. The van der Waals surface area contributed by atoms with E-state index in [2.05, 4.69) is 6.92 Å². The van der Waals surface area contributed by atoms with E-state index in [1.165, 1.54) is 5.56 Å². The number of carbonyl (C=O) groups is 2. The standard InChI is InChI=1S/C25H32N2O3/c1-6-9-19-10-12-20(13-11-19)24(28)26-16-21(7-2)27(25(29)30-8-3)23-15-18(5)17(4)14-22(23)26/h10-15,21H,6-9,16H2,1-5H3. The Kier molecular flexibility index (Phi) is 6.80. The van der Waals surface area contributed by atoms with Crippen LogP contribution in [0.3, 0.4) is 0 Å². The van der Waals surface area contributed by atoms with Crippen LogP contribution in [0.4, 0.5) is 16.2 Å². The first-order valence-electron chi connectivity index (χ1n) is 10.9. The summed E-state index contributed by atoms with van der Waals surface area (Å²) < 4.78 is 5.34. The number of nitrogens with zero attached hydrogens (tertiary/aromatic N) is 2. The van der Waals surface area contributed by atoms with Gasteiger partial charge in [0.2, 0.25) is 0 Å². The van der Waals surface area contributed by atoms with Crippen molar-refractivity contribution in [2.75, 3.05) is 23.0 Å². The maximum atomic E-state index is 13.5. The Hall–Kier alpha value is -2.82. The molecule has 0 saturated carbocycles. The average Bonchev–Trinajstić information content (AvgIpc) is 2.74. The lowest BCUT2D eigenvalue weighted by Gasteiger charge is -2.42. The number of amides is 2. The fraction of sp³-hybridized carbons (Fsp3) is 0.440. The van der Waals surface area contributed by atoms with Crippen LogP contribution in [0.2, 0.25) is 0 Å². The molecule has 0 spiro atoms. The van der Waals surface area contributed by atoms with E-state index in [0.717, 1.165) is 41.8 Å². The highest BCUT2D eigenvalue weighted by Gasteiger charge is 2.37. The first-order chi connectivity index (χ1) is 14.4. The number of rotatable bonds is 5. The van der Waals surface area contributed by atoms with Gasteiger partial charge in [-0.3, -0.25) is 9.69 Å². The van der Waals surface area contributed by atoms with E-state index < -0.39 is 0 Å². The molecule has 2 aromatic carbocycles. The first kappa shape index (κ1) is 21.9. The third-order valence-electron chi connectivity index (χ3n) is 5.82. The zero-order valence-electron chi connectivity index (χ0n) is 18.7. The largest absolute Gasteiger partial charge is 0.449 e. The minimum absolute atomic E-state index is 0.0375. The van der Waals surface area contributed by atoms with Gasteiger partial charge in [-0.25, -0.2) is 4.79 Å². The molecule has 0 radical (unpaired) electrons. The van der Waals surface area contributed by atoms with Gasteiger partial charge in [-0.1, -0.05) is 32.4 Å². The maximum absolute atomic E-state index is 13.5. The Morgan fingerprint density at radius 2 is 1.63 bits per heavy atom. The third kappa shape index (κ3) is 4.20. The van der Waals surface area contributed by atoms with E-state index in [9.17, 15) is 9.59 Å². The van der Waals surface area contributed by atoms with E-state index in [1.54, 1.807) is 4.90 Å². The van der Waals surface area contributed by atoms with Crippen LogP contribution in [0.25, 0.3) is 0 Å². The fourth-order valence-electron chi connectivity index (χ4n) is 3.99. The van der Waals surface area contributed by atoms with Gasteiger partial charge in [-0.15, -0.1) is 0 Å². The molecule has 5 heteroatoms. The van der Waals surface area contributed by atoms with Gasteiger partial charge in [0.15, 0.2) is 0 Å². The molecule has 1 aliphatic heterocycles. The highest BCUT2D eigenvalue weighted by Crippen LogP contribution is 2.39. The van der Waals surface area contributed by atoms with Gasteiger partial charge in [0.1, 0.15) is 0 Å². The quantitative estimate of drug-likeness (QED) is 0.642. The Bertz CT molecular complexity index is 921. The van der Waals surface area contributed by atoms with Crippen molar-refractivity contribution in [3.05, 3.63) is 58.7 Å². The molecule has 3 rings (SSSR count). The number of benzene rings is 2. The van der Waals surface area contributed by atoms with Crippen molar-refractivity contribution in [3.63, 3.8) is 0 Å². The summed E-state index contributed by atoms with van der Waals surface area (Å²) in [5.74, 6) is -0.0375. The Labute approximate surface area is 179 Å². The summed E-state index contributed by atoms with van der Waals surface area (Å²) in [5.41, 5.74) is 5.57. The molecule has 0 saturated heterocycles. The number of hydrogen-bond donors (Lipinski definition) is 0. The smallest absolute Gasteiger partial charge is 0.414 e. The molecular weight excluding hydrogens is 376 g/mol. The van der Waals surface area contributed by atoms with E-state index >= 15 is 0 Å². The van der Waals surface area contributed by atoms with Crippen LogP contribution in [0.1, 0.15) is 60.7 Å². The van der Waals surface area contributed by atoms with E-state index in [4.69, 9.17) is 4.74 Å². The minimum Gasteiger partial charge on any atom is -0.449 e. The van der Waals surface area contributed by atoms with Crippen LogP contribution in [0, 0.1) is 13.8 Å². The van der Waals surface area contributed by atoms with E-state index in [0.29, 0.717) is 18.7 Å². The second kappa shape index (κ2) is 9.33. The molecule has 1 atom stereocenters. The van der Waals surface area contributed by atoms with Crippen molar-refractivity contribution in [1.29, 1.82) is 0 Å². The molecule has 0 aromatic heterocycles. The van der Waals surface area contributed by atoms with Gasteiger partial charge >= 0.3 is 6.09 Å². The molecule has 0 aliphatic carbocycles. The number of anilines is 2. The van der Waals surface area contributed by atoms with Crippen molar-refractivity contribution in [2.24, 2.45) is 0 Å². The van der Waals surface area contributed by atoms with Crippen LogP contribution < -0.4 is 9.80 Å². The summed E-state index contributed by atoms with van der Waals surface area (Å²) in [6, 6.07) is 11.7. The van der Waals surface area contributed by atoms with E-state index in [1.807, 2.05) is 69.0 Å². The summed E-state index contributed by atoms with van der Waals surface area (Å²) in [6.45, 7) is 10.8. The summed E-state index contributed by atoms with van der Waals surface area (Å²) in [6.07, 6.45) is 2.45. The number of hydrogen-bond acceptors (Lipinski definition) is 3. The summed E-state index contributed by atoms with van der Waals surface area (Å²) in [5, 5.41) is 0. The lowest BCUT2D eigenvalue weighted by molar-refractivity contribution is 0.0981. The second-order valence-electron chi connectivity index (χ2n) is 7.92. The van der Waals surface area contributed by atoms with Crippen LogP contribution in [0.15, 0.2) is 36.4 Å². The molecule has 0 bridgehead atoms. The van der Waals surface area contributed by atoms with Crippen LogP contribution in [-0.2, 0) is 11.2 Å². The highest BCUT2D eigenvalue weighted by atomic mass is 16.6. The molecular formula is C25H32N2O3. The molecule has 0 fully saturated rings. The molecule has 0 N–H and O–H groups in total. The summed E-state index contributed by atoms with van der Waals surface area (Å²) >= 11 is 0. The number of fused-ring (bicyclic) bond motifs is 1. The minimum atomic E-state index is -0.357. The van der Waals surface area contributed by atoms with Crippen LogP contribution >= 0.6 is 0 Å². The monoisotopic (exact) mass is 408 g/mol. The van der Waals surface area contributed by atoms with Crippen LogP contribution in [-0.4, -0.2) is 31.2 Å². The number of ether oxygens (including phenoxy) is 1. The van der Waals surface area contributed by atoms with Crippen LogP contribution in [0.5, 0.6) is 0 Å². The zero-order chi connectivity index (χ0) is 21.8. The zero-order valence-corrected chi connectivity index (χ0v) is 18.7. The molecule has 30 heavy (non-hydrogen) atoms.